The van der Waals surface area contributed by atoms with E-state index in [1.54, 1.807) is 5.57 Å². The summed E-state index contributed by atoms with van der Waals surface area (Å²) in [6.45, 7) is 9.48. The Morgan fingerprint density at radius 2 is 1.85 bits per heavy atom. The Morgan fingerprint density at radius 1 is 1.23 bits per heavy atom. The van der Waals surface area contributed by atoms with E-state index in [4.69, 9.17) is 0 Å². The third-order valence-electron chi connectivity index (χ3n) is 2.56. The first kappa shape index (κ1) is 11.0. The van der Waals surface area contributed by atoms with Crippen LogP contribution in [0.2, 0.25) is 0 Å². The largest absolute Gasteiger partial charge is 0.0973 e. The molecule has 0 nitrogen and oxygen atoms in total. The molecule has 0 spiro atoms. The predicted molar refractivity (Wildman–Crippen MR) is 63.9 cm³/mol. The highest BCUT2D eigenvalue weighted by molar-refractivity contribution is 7.59. The minimum atomic E-state index is 0.202. The molecule has 0 aliphatic heterocycles. The van der Waals surface area contributed by atoms with Gasteiger partial charge in [-0.25, -0.2) is 0 Å². The summed E-state index contributed by atoms with van der Waals surface area (Å²) in [5.74, 6) is 0. The van der Waals surface area contributed by atoms with E-state index in [9.17, 15) is 0 Å². The molecule has 0 aromatic rings. The van der Waals surface area contributed by atoms with Crippen LogP contribution >= 0.6 is 7.92 Å². The molecule has 0 saturated heterocycles. The molecule has 74 valence electrons. The van der Waals surface area contributed by atoms with Gasteiger partial charge in [0.25, 0.3) is 0 Å². The van der Waals surface area contributed by atoms with Crippen LogP contribution in [0.5, 0.6) is 0 Å². The fourth-order valence-electron chi connectivity index (χ4n) is 1.80. The molecule has 1 rings (SSSR count). The molecule has 0 atom stereocenters. The normalized spacial score (nSPS) is 16.4. The average Bonchev–Trinajstić information content (AvgIpc) is 2.50. The highest BCUT2D eigenvalue weighted by atomic mass is 31.1. The van der Waals surface area contributed by atoms with Crippen LogP contribution in [0.25, 0.3) is 0 Å². The van der Waals surface area contributed by atoms with Gasteiger partial charge in [-0.05, 0) is 23.9 Å². The average molecular weight is 196 g/mol. The zero-order valence-corrected chi connectivity index (χ0v) is 10.1. The second-order valence-electron chi connectivity index (χ2n) is 4.32. The van der Waals surface area contributed by atoms with E-state index in [-0.39, 0.29) is 7.92 Å². The van der Waals surface area contributed by atoms with Crippen LogP contribution in [0.1, 0.15) is 34.1 Å². The number of hydrogen-bond acceptors (Lipinski definition) is 0. The molecule has 13 heavy (non-hydrogen) atoms. The van der Waals surface area contributed by atoms with Crippen molar-refractivity contribution in [1.82, 2.24) is 0 Å². The van der Waals surface area contributed by atoms with Gasteiger partial charge < -0.3 is 0 Å². The molecule has 0 radical (unpaired) electrons. The smallest absolute Gasteiger partial charge is 0.0104 e. The predicted octanol–water partition coefficient (Wildman–Crippen LogP) is 4.17. The maximum atomic E-state index is 2.37. The Balaban J connectivity index is 2.48. The van der Waals surface area contributed by atoms with Gasteiger partial charge in [-0.15, -0.1) is 0 Å². The van der Waals surface area contributed by atoms with E-state index in [2.05, 4.69) is 45.9 Å². The Hall–Kier alpha value is -0.0900. The summed E-state index contributed by atoms with van der Waals surface area (Å²) in [7, 11) is 0.202. The zero-order valence-electron chi connectivity index (χ0n) is 9.25. The molecule has 0 heterocycles. The van der Waals surface area contributed by atoms with E-state index in [0.717, 1.165) is 11.3 Å². The first-order chi connectivity index (χ1) is 6.11. The van der Waals surface area contributed by atoms with Gasteiger partial charge in [-0.3, -0.25) is 0 Å². The van der Waals surface area contributed by atoms with Gasteiger partial charge >= 0.3 is 0 Å². The summed E-state index contributed by atoms with van der Waals surface area (Å²) < 4.78 is 0. The Kier molecular flexibility index (Phi) is 4.19. The van der Waals surface area contributed by atoms with Gasteiger partial charge in [-0.1, -0.05) is 59.4 Å². The van der Waals surface area contributed by atoms with E-state index < -0.39 is 0 Å². The van der Waals surface area contributed by atoms with Gasteiger partial charge in [-0.2, -0.15) is 0 Å². The quantitative estimate of drug-likeness (QED) is 0.592. The third kappa shape index (κ3) is 3.27. The van der Waals surface area contributed by atoms with Crippen molar-refractivity contribution in [3.05, 3.63) is 23.8 Å². The first-order valence-electron chi connectivity index (χ1n) is 5.21. The minimum Gasteiger partial charge on any atom is -0.0973 e. The summed E-state index contributed by atoms with van der Waals surface area (Å²) in [4.78, 5) is 0. The molecule has 0 bridgehead atoms. The molecule has 1 aliphatic carbocycles. The van der Waals surface area contributed by atoms with Gasteiger partial charge in [0.2, 0.25) is 0 Å². The van der Waals surface area contributed by atoms with Crippen molar-refractivity contribution in [2.75, 3.05) is 6.16 Å². The summed E-state index contributed by atoms with van der Waals surface area (Å²) in [6, 6.07) is 0. The Labute approximate surface area is 83.9 Å². The second kappa shape index (κ2) is 4.96. The third-order valence-corrected chi connectivity index (χ3v) is 5.98. The van der Waals surface area contributed by atoms with Crippen LogP contribution in [0.3, 0.4) is 0 Å². The maximum absolute atomic E-state index is 2.37. The molecule has 0 aromatic carbocycles. The van der Waals surface area contributed by atoms with Crippen molar-refractivity contribution in [3.8, 4) is 0 Å². The number of rotatable bonds is 4. The second-order valence-corrected chi connectivity index (χ2v) is 7.73. The number of hydrogen-bond donors (Lipinski definition) is 0. The molecule has 0 aromatic heterocycles. The fourth-order valence-corrected chi connectivity index (χ4v) is 4.43. The van der Waals surface area contributed by atoms with Crippen molar-refractivity contribution in [2.45, 2.75) is 45.4 Å². The molecule has 1 heteroatoms. The van der Waals surface area contributed by atoms with E-state index in [0.29, 0.717) is 0 Å². The van der Waals surface area contributed by atoms with Crippen molar-refractivity contribution in [1.29, 1.82) is 0 Å². The Morgan fingerprint density at radius 3 is 2.23 bits per heavy atom. The lowest BCUT2D eigenvalue weighted by Gasteiger charge is -2.26. The molecular formula is C12H21P. The molecule has 0 unspecified atom stereocenters. The summed E-state index contributed by atoms with van der Waals surface area (Å²) in [5, 5.41) is 0. The Bertz CT molecular complexity index is 203. The molecular weight excluding hydrogens is 175 g/mol. The lowest BCUT2D eigenvalue weighted by molar-refractivity contribution is 1.000. The van der Waals surface area contributed by atoms with Gasteiger partial charge in [0.05, 0.1) is 0 Å². The van der Waals surface area contributed by atoms with Gasteiger partial charge in [0.1, 0.15) is 0 Å². The topological polar surface area (TPSA) is 0 Å². The fraction of sp³-hybridized carbons (Fsp3) is 0.667. The first-order valence-corrected chi connectivity index (χ1v) is 6.88. The summed E-state index contributed by atoms with van der Waals surface area (Å²) in [6.07, 6.45) is 9.34. The van der Waals surface area contributed by atoms with Crippen LogP contribution in [0.4, 0.5) is 0 Å². The summed E-state index contributed by atoms with van der Waals surface area (Å²) in [5.41, 5.74) is 3.39. The van der Waals surface area contributed by atoms with E-state index in [1.807, 2.05) is 0 Å². The molecule has 0 amide bonds. The van der Waals surface area contributed by atoms with Crippen LogP contribution in [0.15, 0.2) is 23.8 Å². The van der Waals surface area contributed by atoms with E-state index in [1.165, 1.54) is 12.6 Å². The monoisotopic (exact) mass is 196 g/mol. The maximum Gasteiger partial charge on any atom is -0.0104 e. The SMILES string of the molecule is CC(C)P(CC1=CC=CC1)C(C)C. The van der Waals surface area contributed by atoms with Gasteiger partial charge in [0.15, 0.2) is 0 Å². The highest BCUT2D eigenvalue weighted by Gasteiger charge is 2.17. The standard InChI is InChI=1S/C12H21P/c1-10(2)13(11(3)4)9-12-7-5-6-8-12/h5-7,10-11H,8-9H2,1-4H3. The summed E-state index contributed by atoms with van der Waals surface area (Å²) >= 11 is 0. The molecule has 0 saturated carbocycles. The van der Waals surface area contributed by atoms with Crippen molar-refractivity contribution in [3.63, 3.8) is 0 Å². The molecule has 0 fully saturated rings. The lowest BCUT2D eigenvalue weighted by atomic mass is 10.3. The van der Waals surface area contributed by atoms with Crippen LogP contribution < -0.4 is 0 Å². The zero-order chi connectivity index (χ0) is 9.84. The molecule has 1 aliphatic rings. The molecule has 0 N–H and O–H groups in total. The van der Waals surface area contributed by atoms with Crippen LogP contribution in [-0.4, -0.2) is 17.5 Å². The minimum absolute atomic E-state index is 0.202. The van der Waals surface area contributed by atoms with Crippen LogP contribution in [-0.2, 0) is 0 Å². The van der Waals surface area contributed by atoms with Crippen LogP contribution in [0, 0.1) is 0 Å². The lowest BCUT2D eigenvalue weighted by Crippen LogP contribution is -2.07. The van der Waals surface area contributed by atoms with Crippen molar-refractivity contribution in [2.24, 2.45) is 0 Å². The van der Waals surface area contributed by atoms with Gasteiger partial charge in [0, 0.05) is 0 Å². The van der Waals surface area contributed by atoms with Crippen molar-refractivity contribution < 1.29 is 0 Å². The van der Waals surface area contributed by atoms with Crippen molar-refractivity contribution >= 4 is 7.92 Å². The highest BCUT2D eigenvalue weighted by Crippen LogP contribution is 2.48. The number of allylic oxidation sites excluding steroid dienone is 4. The van der Waals surface area contributed by atoms with E-state index >= 15 is 0 Å².